The molecule has 8 heteroatoms. The van der Waals surface area contributed by atoms with Gasteiger partial charge < -0.3 is 10.1 Å². The molecule has 0 aliphatic heterocycles. The molecule has 0 bridgehead atoms. The Morgan fingerprint density at radius 3 is 2.47 bits per heavy atom. The Morgan fingerprint density at radius 2 is 1.75 bits per heavy atom. The van der Waals surface area contributed by atoms with Gasteiger partial charge >= 0.3 is 0 Å². The lowest BCUT2D eigenvalue weighted by atomic mass is 10.1. The maximum Gasteiger partial charge on any atom is 0.272 e. The van der Waals surface area contributed by atoms with Crippen LogP contribution in [0.4, 0.5) is 11.4 Å². The van der Waals surface area contributed by atoms with Gasteiger partial charge in [-0.3, -0.25) is 19.6 Å². The van der Waals surface area contributed by atoms with Crippen LogP contribution >= 0.6 is 0 Å². The van der Waals surface area contributed by atoms with Crippen LogP contribution in [0.3, 0.4) is 0 Å². The van der Waals surface area contributed by atoms with E-state index in [-0.39, 0.29) is 18.2 Å². The van der Waals surface area contributed by atoms with Gasteiger partial charge in [0.15, 0.2) is 0 Å². The fourth-order valence-corrected chi connectivity index (χ4v) is 4.09. The Labute approximate surface area is 209 Å². The Kier molecular flexibility index (Phi) is 7.15. The molecule has 0 fully saturated rings. The van der Waals surface area contributed by atoms with Crippen LogP contribution < -0.4 is 10.1 Å². The van der Waals surface area contributed by atoms with E-state index in [1.165, 1.54) is 11.6 Å². The number of hydrogen-bond donors (Lipinski definition) is 1. The van der Waals surface area contributed by atoms with Gasteiger partial charge in [0, 0.05) is 17.2 Å². The Bertz CT molecular complexity index is 1440. The first-order chi connectivity index (χ1) is 17.2. The molecular weight excluding hydrogens is 456 g/mol. The van der Waals surface area contributed by atoms with Gasteiger partial charge in [-0.05, 0) is 63.1 Å². The van der Waals surface area contributed by atoms with Crippen molar-refractivity contribution in [2.24, 2.45) is 0 Å². The number of ether oxygens (including phenoxy) is 1. The van der Waals surface area contributed by atoms with E-state index in [0.29, 0.717) is 29.1 Å². The summed E-state index contributed by atoms with van der Waals surface area (Å²) in [6, 6.07) is 20.1. The second-order valence-electron chi connectivity index (χ2n) is 8.84. The van der Waals surface area contributed by atoms with Crippen molar-refractivity contribution in [2.45, 2.75) is 40.8 Å². The summed E-state index contributed by atoms with van der Waals surface area (Å²) in [5.74, 6) is 0.296. The van der Waals surface area contributed by atoms with Crippen molar-refractivity contribution in [3.8, 4) is 5.75 Å². The van der Waals surface area contributed by atoms with Gasteiger partial charge in [-0.15, -0.1) is 0 Å². The SMILES string of the molecule is Cc1cccc(Cn2nc(C)c(NC(=O)c3cccc(COc4ccc([N+](=O)[O-])c(C)c4)c3)c2C)c1. The number of nitrogens with one attached hydrogen (secondary N) is 1. The molecule has 36 heavy (non-hydrogen) atoms. The molecule has 0 atom stereocenters. The molecule has 8 nitrogen and oxygen atoms in total. The minimum atomic E-state index is -0.420. The molecule has 1 aromatic heterocycles. The normalized spacial score (nSPS) is 10.8. The van der Waals surface area contributed by atoms with Gasteiger partial charge in [0.25, 0.3) is 11.6 Å². The second-order valence-corrected chi connectivity index (χ2v) is 8.84. The van der Waals surface area contributed by atoms with E-state index in [4.69, 9.17) is 4.74 Å². The number of nitro benzene ring substituents is 1. The molecule has 0 radical (unpaired) electrons. The van der Waals surface area contributed by atoms with Crippen LogP contribution in [0.1, 0.15) is 44.0 Å². The molecule has 0 spiro atoms. The zero-order valence-electron chi connectivity index (χ0n) is 20.7. The zero-order chi connectivity index (χ0) is 25.8. The predicted molar refractivity (Wildman–Crippen MR) is 139 cm³/mol. The number of carbonyl (C=O) groups is 1. The number of amides is 1. The van der Waals surface area contributed by atoms with Crippen LogP contribution in [-0.4, -0.2) is 20.6 Å². The van der Waals surface area contributed by atoms with Crippen molar-refractivity contribution in [3.05, 3.63) is 116 Å². The Balaban J connectivity index is 1.44. The first-order valence-corrected chi connectivity index (χ1v) is 11.6. The van der Waals surface area contributed by atoms with E-state index in [2.05, 4.69) is 35.5 Å². The summed E-state index contributed by atoms with van der Waals surface area (Å²) in [6.45, 7) is 8.41. The van der Waals surface area contributed by atoms with Crippen molar-refractivity contribution in [3.63, 3.8) is 0 Å². The van der Waals surface area contributed by atoms with Gasteiger partial charge in [-0.2, -0.15) is 5.10 Å². The molecule has 184 valence electrons. The van der Waals surface area contributed by atoms with Crippen LogP contribution in [0, 0.1) is 37.8 Å². The van der Waals surface area contributed by atoms with E-state index in [0.717, 1.165) is 22.5 Å². The quantitative estimate of drug-likeness (QED) is 0.248. The number of aromatic nitrogens is 2. The van der Waals surface area contributed by atoms with Crippen molar-refractivity contribution in [1.82, 2.24) is 9.78 Å². The van der Waals surface area contributed by atoms with Gasteiger partial charge in [0.2, 0.25) is 0 Å². The highest BCUT2D eigenvalue weighted by Gasteiger charge is 2.16. The maximum absolute atomic E-state index is 13.1. The van der Waals surface area contributed by atoms with E-state index in [1.807, 2.05) is 30.7 Å². The fraction of sp³-hybridized carbons (Fsp3) is 0.214. The Hall–Kier alpha value is -4.46. The summed E-state index contributed by atoms with van der Waals surface area (Å²) >= 11 is 0. The van der Waals surface area contributed by atoms with Crippen LogP contribution in [0.5, 0.6) is 5.75 Å². The molecule has 0 aliphatic rings. The molecule has 4 aromatic rings. The fourth-order valence-electron chi connectivity index (χ4n) is 4.09. The highest BCUT2D eigenvalue weighted by Crippen LogP contribution is 2.24. The predicted octanol–water partition coefficient (Wildman–Crippen LogP) is 5.90. The lowest BCUT2D eigenvalue weighted by Gasteiger charge is -2.10. The standard InChI is InChI=1S/C28H28N4O4/c1-18-7-5-8-22(13-18)16-31-21(4)27(20(3)30-31)29-28(33)24-10-6-9-23(15-24)17-36-25-11-12-26(32(34)35)19(2)14-25/h5-15H,16-17H2,1-4H3,(H,29,33). The summed E-state index contributed by atoms with van der Waals surface area (Å²) in [5.41, 5.74) is 6.56. The lowest BCUT2D eigenvalue weighted by molar-refractivity contribution is -0.385. The maximum atomic E-state index is 13.1. The van der Waals surface area contributed by atoms with Crippen LogP contribution in [0.2, 0.25) is 0 Å². The summed E-state index contributed by atoms with van der Waals surface area (Å²) in [5, 5.41) is 18.6. The summed E-state index contributed by atoms with van der Waals surface area (Å²) < 4.78 is 7.70. The molecule has 3 aromatic carbocycles. The summed E-state index contributed by atoms with van der Waals surface area (Å²) in [6.07, 6.45) is 0. The lowest BCUT2D eigenvalue weighted by Crippen LogP contribution is -2.14. The molecule has 1 amide bonds. The number of hydrogen-bond acceptors (Lipinski definition) is 5. The second kappa shape index (κ2) is 10.4. The molecule has 0 aliphatic carbocycles. The monoisotopic (exact) mass is 484 g/mol. The summed E-state index contributed by atoms with van der Waals surface area (Å²) in [4.78, 5) is 23.6. The van der Waals surface area contributed by atoms with E-state index in [9.17, 15) is 14.9 Å². The smallest absolute Gasteiger partial charge is 0.272 e. The number of nitro groups is 1. The molecule has 4 rings (SSSR count). The number of nitrogens with zero attached hydrogens (tertiary/aromatic N) is 3. The average Bonchev–Trinajstić information content (AvgIpc) is 3.10. The Morgan fingerprint density at radius 1 is 1.00 bits per heavy atom. The minimum absolute atomic E-state index is 0.0498. The third kappa shape index (κ3) is 5.60. The molecule has 0 saturated carbocycles. The van der Waals surface area contributed by atoms with Gasteiger partial charge in [-0.25, -0.2) is 0 Å². The number of anilines is 1. The van der Waals surface area contributed by atoms with Gasteiger partial charge in [0.1, 0.15) is 12.4 Å². The van der Waals surface area contributed by atoms with Crippen molar-refractivity contribution in [1.29, 1.82) is 0 Å². The van der Waals surface area contributed by atoms with Gasteiger partial charge in [0.05, 0.1) is 28.5 Å². The van der Waals surface area contributed by atoms with E-state index >= 15 is 0 Å². The number of rotatable bonds is 8. The highest BCUT2D eigenvalue weighted by atomic mass is 16.6. The van der Waals surface area contributed by atoms with Crippen molar-refractivity contribution in [2.75, 3.05) is 5.32 Å². The first-order valence-electron chi connectivity index (χ1n) is 11.6. The van der Waals surface area contributed by atoms with Crippen LogP contribution in [0.25, 0.3) is 0 Å². The van der Waals surface area contributed by atoms with Crippen molar-refractivity contribution >= 4 is 17.3 Å². The topological polar surface area (TPSA) is 99.3 Å². The third-order valence-electron chi connectivity index (χ3n) is 5.99. The van der Waals surface area contributed by atoms with Gasteiger partial charge in [-0.1, -0.05) is 42.0 Å². The molecule has 0 unspecified atom stereocenters. The highest BCUT2D eigenvalue weighted by molar-refractivity contribution is 6.05. The number of benzene rings is 3. The first kappa shape index (κ1) is 24.7. The minimum Gasteiger partial charge on any atom is -0.489 e. The third-order valence-corrected chi connectivity index (χ3v) is 5.99. The largest absolute Gasteiger partial charge is 0.489 e. The summed E-state index contributed by atoms with van der Waals surface area (Å²) in [7, 11) is 0. The molecule has 1 heterocycles. The number of carbonyl (C=O) groups excluding carboxylic acids is 1. The van der Waals surface area contributed by atoms with Crippen molar-refractivity contribution < 1.29 is 14.5 Å². The number of aryl methyl sites for hydroxylation is 3. The van der Waals surface area contributed by atoms with E-state index in [1.54, 1.807) is 37.3 Å². The average molecular weight is 485 g/mol. The molecular formula is C28H28N4O4. The zero-order valence-corrected chi connectivity index (χ0v) is 20.7. The van der Waals surface area contributed by atoms with E-state index < -0.39 is 4.92 Å². The van der Waals surface area contributed by atoms with Crippen LogP contribution in [-0.2, 0) is 13.2 Å². The molecule has 1 N–H and O–H groups in total. The molecule has 0 saturated heterocycles. The van der Waals surface area contributed by atoms with Crippen LogP contribution in [0.15, 0.2) is 66.7 Å².